The SMILES string of the molecule is CC(C)(C)c1nc(Nc2ccc(Cl)c(Cl)c2)sc1Cc1cc2ccccc2[nH]c1=O. The number of thiazole rings is 1. The summed E-state index contributed by atoms with van der Waals surface area (Å²) in [6.45, 7) is 6.37. The summed E-state index contributed by atoms with van der Waals surface area (Å²) in [5.41, 5.74) is 3.13. The molecule has 0 aliphatic rings. The molecule has 4 nitrogen and oxygen atoms in total. The van der Waals surface area contributed by atoms with Gasteiger partial charge in [-0.25, -0.2) is 4.98 Å². The standard InChI is InChI=1S/C23H21Cl2N3OS/c1-23(2,3)20-19(11-14-10-13-6-4-5-7-18(13)27-21(14)29)30-22(28-20)26-15-8-9-16(24)17(25)12-15/h4-10,12H,11H2,1-3H3,(H,26,28)(H,27,29). The predicted octanol–water partition coefficient (Wildman–Crippen LogP) is 6.92. The van der Waals surface area contributed by atoms with E-state index in [-0.39, 0.29) is 11.0 Å². The van der Waals surface area contributed by atoms with Gasteiger partial charge in [-0.3, -0.25) is 4.79 Å². The summed E-state index contributed by atoms with van der Waals surface area (Å²) in [5.74, 6) is 0. The minimum atomic E-state index is -0.160. The minimum absolute atomic E-state index is 0.0686. The van der Waals surface area contributed by atoms with Crippen molar-refractivity contribution >= 4 is 56.3 Å². The van der Waals surface area contributed by atoms with E-state index in [0.29, 0.717) is 16.5 Å². The molecule has 0 bridgehead atoms. The molecule has 0 amide bonds. The van der Waals surface area contributed by atoms with Crippen LogP contribution in [0.5, 0.6) is 0 Å². The van der Waals surface area contributed by atoms with Crippen molar-refractivity contribution in [3.8, 4) is 0 Å². The predicted molar refractivity (Wildman–Crippen MR) is 128 cm³/mol. The van der Waals surface area contributed by atoms with Gasteiger partial charge in [0.05, 0.1) is 15.7 Å². The molecule has 0 saturated carbocycles. The highest BCUT2D eigenvalue weighted by Gasteiger charge is 2.24. The number of hydrogen-bond acceptors (Lipinski definition) is 4. The number of pyridine rings is 1. The quantitative estimate of drug-likeness (QED) is 0.349. The molecule has 4 aromatic rings. The van der Waals surface area contributed by atoms with Crippen LogP contribution in [0.3, 0.4) is 0 Å². The van der Waals surface area contributed by atoms with Gasteiger partial charge in [-0.2, -0.15) is 0 Å². The molecular weight excluding hydrogens is 437 g/mol. The number of rotatable bonds is 4. The zero-order valence-corrected chi connectivity index (χ0v) is 19.2. The van der Waals surface area contributed by atoms with Crippen LogP contribution < -0.4 is 10.9 Å². The number of fused-ring (bicyclic) bond motifs is 1. The smallest absolute Gasteiger partial charge is 0.251 e. The number of nitrogens with one attached hydrogen (secondary N) is 2. The lowest BCUT2D eigenvalue weighted by molar-refractivity contribution is 0.568. The van der Waals surface area contributed by atoms with Gasteiger partial charge in [0, 0.05) is 33.5 Å². The first-order chi connectivity index (χ1) is 14.2. The van der Waals surface area contributed by atoms with E-state index in [4.69, 9.17) is 28.2 Å². The van der Waals surface area contributed by atoms with Crippen LogP contribution in [-0.2, 0) is 11.8 Å². The molecule has 0 atom stereocenters. The van der Waals surface area contributed by atoms with E-state index in [1.807, 2.05) is 36.4 Å². The molecule has 0 spiro atoms. The molecule has 7 heteroatoms. The molecular formula is C23H21Cl2N3OS. The van der Waals surface area contributed by atoms with Crippen LogP contribution in [0, 0.1) is 0 Å². The van der Waals surface area contributed by atoms with Crippen molar-refractivity contribution in [1.82, 2.24) is 9.97 Å². The zero-order valence-electron chi connectivity index (χ0n) is 16.8. The number of nitrogens with zero attached hydrogens (tertiary/aromatic N) is 1. The van der Waals surface area contributed by atoms with Crippen molar-refractivity contribution in [3.05, 3.63) is 85.1 Å². The van der Waals surface area contributed by atoms with Crippen LogP contribution in [0.4, 0.5) is 10.8 Å². The Hall–Kier alpha value is -2.34. The summed E-state index contributed by atoms with van der Waals surface area (Å²) in [7, 11) is 0. The molecule has 0 fully saturated rings. The van der Waals surface area contributed by atoms with Gasteiger partial charge in [-0.1, -0.05) is 62.2 Å². The van der Waals surface area contributed by atoms with Crippen molar-refractivity contribution in [2.45, 2.75) is 32.6 Å². The normalized spacial score (nSPS) is 11.8. The molecule has 2 heterocycles. The Balaban J connectivity index is 1.71. The lowest BCUT2D eigenvalue weighted by atomic mass is 9.90. The van der Waals surface area contributed by atoms with Crippen molar-refractivity contribution in [2.24, 2.45) is 0 Å². The maximum atomic E-state index is 12.7. The Morgan fingerprint density at radius 2 is 1.83 bits per heavy atom. The maximum absolute atomic E-state index is 12.7. The fourth-order valence-electron chi connectivity index (χ4n) is 3.31. The third kappa shape index (κ3) is 4.38. The number of hydrogen-bond donors (Lipinski definition) is 2. The fraction of sp³-hybridized carbons (Fsp3) is 0.217. The van der Waals surface area contributed by atoms with Crippen LogP contribution >= 0.6 is 34.5 Å². The van der Waals surface area contributed by atoms with Crippen molar-refractivity contribution in [2.75, 3.05) is 5.32 Å². The van der Waals surface area contributed by atoms with Crippen LogP contribution in [0.25, 0.3) is 10.9 Å². The lowest BCUT2D eigenvalue weighted by Crippen LogP contribution is -2.17. The van der Waals surface area contributed by atoms with E-state index in [1.54, 1.807) is 23.5 Å². The number of aromatic amines is 1. The van der Waals surface area contributed by atoms with Gasteiger partial charge in [-0.05, 0) is 35.7 Å². The largest absolute Gasteiger partial charge is 0.331 e. The third-order valence-corrected chi connectivity index (χ3v) is 6.47. The van der Waals surface area contributed by atoms with Gasteiger partial charge in [0.2, 0.25) is 0 Å². The van der Waals surface area contributed by atoms with E-state index >= 15 is 0 Å². The second-order valence-electron chi connectivity index (χ2n) is 8.18. The van der Waals surface area contributed by atoms with E-state index in [9.17, 15) is 4.79 Å². The Morgan fingerprint density at radius 3 is 2.57 bits per heavy atom. The number of aromatic nitrogens is 2. The van der Waals surface area contributed by atoms with E-state index in [0.717, 1.165) is 37.9 Å². The zero-order chi connectivity index (χ0) is 21.5. The van der Waals surface area contributed by atoms with Crippen molar-refractivity contribution in [3.63, 3.8) is 0 Å². The van der Waals surface area contributed by atoms with Gasteiger partial charge in [0.1, 0.15) is 0 Å². The molecule has 154 valence electrons. The Morgan fingerprint density at radius 1 is 1.07 bits per heavy atom. The number of H-pyrrole nitrogens is 1. The minimum Gasteiger partial charge on any atom is -0.331 e. The first-order valence-corrected chi connectivity index (χ1v) is 11.1. The number of halogens is 2. The van der Waals surface area contributed by atoms with Crippen molar-refractivity contribution < 1.29 is 0 Å². The first-order valence-electron chi connectivity index (χ1n) is 9.54. The lowest BCUT2D eigenvalue weighted by Gasteiger charge is -2.17. The van der Waals surface area contributed by atoms with Crippen LogP contribution in [0.2, 0.25) is 10.0 Å². The summed E-state index contributed by atoms with van der Waals surface area (Å²) in [6.07, 6.45) is 0.521. The van der Waals surface area contributed by atoms with Gasteiger partial charge in [-0.15, -0.1) is 11.3 Å². The van der Waals surface area contributed by atoms with E-state index in [1.165, 1.54) is 0 Å². The second kappa shape index (κ2) is 8.06. The molecule has 0 radical (unpaired) electrons. The summed E-state index contributed by atoms with van der Waals surface area (Å²) >= 11 is 13.7. The number of anilines is 2. The van der Waals surface area contributed by atoms with E-state index < -0.39 is 0 Å². The highest BCUT2D eigenvalue weighted by molar-refractivity contribution is 7.15. The summed E-state index contributed by atoms with van der Waals surface area (Å²) in [6, 6.07) is 15.1. The van der Waals surface area contributed by atoms with Gasteiger partial charge in [0.15, 0.2) is 5.13 Å². The third-order valence-electron chi connectivity index (χ3n) is 4.76. The van der Waals surface area contributed by atoms with Crippen LogP contribution in [0.1, 0.15) is 36.9 Å². The second-order valence-corrected chi connectivity index (χ2v) is 10.1. The molecule has 4 rings (SSSR count). The Kier molecular flexibility index (Phi) is 5.62. The van der Waals surface area contributed by atoms with Gasteiger partial charge in [0.25, 0.3) is 5.56 Å². The molecule has 0 saturated heterocycles. The monoisotopic (exact) mass is 457 g/mol. The van der Waals surface area contributed by atoms with Gasteiger partial charge >= 0.3 is 0 Å². The Bertz CT molecular complexity index is 1290. The number of para-hydroxylation sites is 1. The molecule has 0 aliphatic heterocycles. The summed E-state index contributed by atoms with van der Waals surface area (Å²) in [5, 5.41) is 6.08. The average Bonchev–Trinajstić information content (AvgIpc) is 3.08. The highest BCUT2D eigenvalue weighted by Crippen LogP contribution is 2.35. The summed E-state index contributed by atoms with van der Waals surface area (Å²) < 4.78 is 0. The van der Waals surface area contributed by atoms with Crippen LogP contribution in [-0.4, -0.2) is 9.97 Å². The maximum Gasteiger partial charge on any atom is 0.251 e. The molecule has 0 aliphatic carbocycles. The van der Waals surface area contributed by atoms with E-state index in [2.05, 4.69) is 31.1 Å². The topological polar surface area (TPSA) is 57.8 Å². The number of benzene rings is 2. The summed E-state index contributed by atoms with van der Waals surface area (Å²) in [4.78, 5) is 21.5. The molecule has 2 N–H and O–H groups in total. The van der Waals surface area contributed by atoms with Gasteiger partial charge < -0.3 is 10.3 Å². The fourth-order valence-corrected chi connectivity index (χ4v) is 4.82. The first kappa shape index (κ1) is 20.9. The molecule has 2 aromatic heterocycles. The van der Waals surface area contributed by atoms with Crippen molar-refractivity contribution in [1.29, 1.82) is 0 Å². The Labute approximate surface area is 188 Å². The molecule has 0 unspecified atom stereocenters. The molecule has 2 aromatic carbocycles. The molecule has 30 heavy (non-hydrogen) atoms. The average molecular weight is 458 g/mol. The highest BCUT2D eigenvalue weighted by atomic mass is 35.5. The van der Waals surface area contributed by atoms with Crippen LogP contribution in [0.15, 0.2) is 53.3 Å².